The molecular weight excluding hydrogens is 510 g/mol. The number of carbonyl (C=O) groups excluding carboxylic acids is 1. The molecule has 210 valence electrons. The van der Waals surface area contributed by atoms with E-state index in [0.29, 0.717) is 61.3 Å². The molecule has 0 N–H and O–H groups in total. The fourth-order valence-corrected chi connectivity index (χ4v) is 5.35. The number of rotatable bonds is 13. The average Bonchev–Trinajstić information content (AvgIpc) is 3.25. The van der Waals surface area contributed by atoms with Crippen molar-refractivity contribution in [3.63, 3.8) is 0 Å². The first-order valence-corrected chi connectivity index (χ1v) is 13.5. The molecule has 4 aromatic carbocycles. The van der Waals surface area contributed by atoms with Crippen molar-refractivity contribution in [2.45, 2.75) is 33.2 Å². The molecule has 0 bridgehead atoms. The quantitative estimate of drug-likeness (QED) is 0.143. The lowest BCUT2D eigenvalue weighted by Crippen LogP contribution is -2.31. The van der Waals surface area contributed by atoms with Crippen LogP contribution in [0.2, 0.25) is 0 Å². The van der Waals surface area contributed by atoms with Gasteiger partial charge < -0.3 is 33.3 Å². The van der Waals surface area contributed by atoms with Gasteiger partial charge in [-0.3, -0.25) is 4.79 Å². The summed E-state index contributed by atoms with van der Waals surface area (Å²) in [6.07, 6.45) is 0.151. The van der Waals surface area contributed by atoms with Crippen LogP contribution < -0.4 is 23.8 Å². The van der Waals surface area contributed by atoms with Gasteiger partial charge in [0.05, 0.1) is 32.6 Å². The van der Waals surface area contributed by atoms with Crippen LogP contribution >= 0.6 is 0 Å². The van der Waals surface area contributed by atoms with E-state index in [-0.39, 0.29) is 12.2 Å². The van der Waals surface area contributed by atoms with E-state index in [2.05, 4.69) is 0 Å². The van der Waals surface area contributed by atoms with E-state index in [4.69, 9.17) is 28.4 Å². The Balaban J connectivity index is 1.66. The Labute approximate surface area is 234 Å². The SMILES string of the molecule is CCOC(CCN1C(=O)c2cc(OC)cc3c2c1cc1cc(OC)c(OCc2ccccc2)c(OC)c13)OCC. The molecule has 0 atom stereocenters. The van der Waals surface area contributed by atoms with Crippen LogP contribution in [0.15, 0.2) is 54.6 Å². The average molecular weight is 546 g/mol. The Morgan fingerprint density at radius 1 is 0.825 bits per heavy atom. The highest BCUT2D eigenvalue weighted by atomic mass is 16.7. The summed E-state index contributed by atoms with van der Waals surface area (Å²) in [6.45, 7) is 5.71. The Bertz CT molecular complexity index is 1510. The van der Waals surface area contributed by atoms with Gasteiger partial charge in [0.25, 0.3) is 5.91 Å². The van der Waals surface area contributed by atoms with Crippen LogP contribution in [-0.4, -0.2) is 53.3 Å². The molecule has 1 aliphatic heterocycles. The van der Waals surface area contributed by atoms with E-state index in [0.717, 1.165) is 32.8 Å². The van der Waals surface area contributed by atoms with Crippen molar-refractivity contribution in [2.24, 2.45) is 0 Å². The number of hydrogen-bond donors (Lipinski definition) is 0. The largest absolute Gasteiger partial charge is 0.497 e. The van der Waals surface area contributed by atoms with Crippen LogP contribution in [0.4, 0.5) is 5.69 Å². The fourth-order valence-electron chi connectivity index (χ4n) is 5.35. The van der Waals surface area contributed by atoms with Crippen molar-refractivity contribution < 1.29 is 33.2 Å². The number of nitrogens with zero attached hydrogens (tertiary/aromatic N) is 1. The van der Waals surface area contributed by atoms with Gasteiger partial charge in [0, 0.05) is 37.0 Å². The third-order valence-corrected chi connectivity index (χ3v) is 7.11. The number of carbonyl (C=O) groups is 1. The second-order valence-electron chi connectivity index (χ2n) is 9.39. The summed E-state index contributed by atoms with van der Waals surface area (Å²) < 4.78 is 35.1. The molecule has 0 saturated heterocycles. The standard InChI is InChI=1S/C32H35NO7/c1-6-38-27(39-7-2)13-14-33-25-15-21-16-26(36-4)30(40-19-20-11-9-8-10-12-20)31(37-5)28(21)23-17-22(35-3)18-24(29(23)25)32(33)34/h8-12,15-18,27H,6-7,13-14,19H2,1-5H3. The smallest absolute Gasteiger partial charge is 0.259 e. The van der Waals surface area contributed by atoms with Gasteiger partial charge in [-0.05, 0) is 54.4 Å². The molecule has 40 heavy (non-hydrogen) atoms. The molecule has 1 heterocycles. The first-order chi connectivity index (χ1) is 19.5. The van der Waals surface area contributed by atoms with Gasteiger partial charge in [-0.1, -0.05) is 30.3 Å². The molecular formula is C32H35NO7. The maximum absolute atomic E-state index is 13.8. The van der Waals surface area contributed by atoms with E-state index in [1.807, 2.05) is 62.4 Å². The van der Waals surface area contributed by atoms with Crippen molar-refractivity contribution in [1.82, 2.24) is 0 Å². The zero-order valence-corrected chi connectivity index (χ0v) is 23.6. The Morgan fingerprint density at radius 3 is 2.23 bits per heavy atom. The highest BCUT2D eigenvalue weighted by Gasteiger charge is 2.33. The normalized spacial score (nSPS) is 12.6. The molecule has 8 nitrogen and oxygen atoms in total. The van der Waals surface area contributed by atoms with E-state index >= 15 is 0 Å². The van der Waals surface area contributed by atoms with Crippen molar-refractivity contribution in [2.75, 3.05) is 46.0 Å². The number of benzene rings is 4. The van der Waals surface area contributed by atoms with Crippen molar-refractivity contribution in [1.29, 1.82) is 0 Å². The zero-order chi connectivity index (χ0) is 28.2. The minimum Gasteiger partial charge on any atom is -0.497 e. The lowest BCUT2D eigenvalue weighted by molar-refractivity contribution is -0.137. The number of ether oxygens (including phenoxy) is 6. The molecule has 0 saturated carbocycles. The number of methoxy groups -OCH3 is 3. The van der Waals surface area contributed by atoms with Crippen LogP contribution in [0.3, 0.4) is 0 Å². The maximum atomic E-state index is 13.8. The lowest BCUT2D eigenvalue weighted by atomic mass is 9.96. The van der Waals surface area contributed by atoms with E-state index < -0.39 is 0 Å². The first kappa shape index (κ1) is 27.6. The second kappa shape index (κ2) is 12.0. The minimum absolute atomic E-state index is 0.0903. The van der Waals surface area contributed by atoms with Gasteiger partial charge >= 0.3 is 0 Å². The van der Waals surface area contributed by atoms with E-state index in [1.54, 1.807) is 32.3 Å². The summed E-state index contributed by atoms with van der Waals surface area (Å²) in [5.74, 6) is 2.07. The van der Waals surface area contributed by atoms with Gasteiger partial charge in [-0.25, -0.2) is 0 Å². The Hall–Kier alpha value is -4.01. The third kappa shape index (κ3) is 5.00. The monoisotopic (exact) mass is 545 g/mol. The van der Waals surface area contributed by atoms with Crippen LogP contribution in [0.5, 0.6) is 23.0 Å². The molecule has 8 heteroatoms. The highest BCUT2D eigenvalue weighted by molar-refractivity contribution is 6.31. The van der Waals surface area contributed by atoms with Gasteiger partial charge in [0.1, 0.15) is 12.4 Å². The summed E-state index contributed by atoms with van der Waals surface area (Å²) >= 11 is 0. The van der Waals surface area contributed by atoms with Crippen LogP contribution in [0.1, 0.15) is 36.2 Å². The molecule has 0 unspecified atom stereocenters. The number of anilines is 1. The summed E-state index contributed by atoms with van der Waals surface area (Å²) in [7, 11) is 4.82. The molecule has 0 aromatic heterocycles. The maximum Gasteiger partial charge on any atom is 0.259 e. The summed E-state index contributed by atoms with van der Waals surface area (Å²) in [5.41, 5.74) is 2.42. The molecule has 0 radical (unpaired) electrons. The van der Waals surface area contributed by atoms with Crippen LogP contribution in [0.25, 0.3) is 21.5 Å². The number of hydrogen-bond acceptors (Lipinski definition) is 7. The van der Waals surface area contributed by atoms with Gasteiger partial charge in [0.2, 0.25) is 5.75 Å². The van der Waals surface area contributed by atoms with E-state index in [9.17, 15) is 4.79 Å². The number of fused-ring (bicyclic) bond motifs is 2. The van der Waals surface area contributed by atoms with Crippen molar-refractivity contribution in [3.05, 3.63) is 65.7 Å². The molecule has 1 aliphatic rings. The first-order valence-electron chi connectivity index (χ1n) is 13.5. The van der Waals surface area contributed by atoms with Gasteiger partial charge in [0.15, 0.2) is 17.8 Å². The fraction of sp³-hybridized carbons (Fsp3) is 0.344. The van der Waals surface area contributed by atoms with Gasteiger partial charge in [-0.2, -0.15) is 0 Å². The Morgan fingerprint density at radius 2 is 1.57 bits per heavy atom. The minimum atomic E-state index is -0.387. The summed E-state index contributed by atoms with van der Waals surface area (Å²) in [5, 5.41) is 3.36. The molecule has 5 rings (SSSR count). The summed E-state index contributed by atoms with van der Waals surface area (Å²) in [4.78, 5) is 15.6. The Kier molecular flexibility index (Phi) is 8.28. The molecule has 0 aliphatic carbocycles. The second-order valence-corrected chi connectivity index (χ2v) is 9.39. The molecule has 0 fully saturated rings. The summed E-state index contributed by atoms with van der Waals surface area (Å²) in [6, 6.07) is 17.6. The lowest BCUT2D eigenvalue weighted by Gasteiger charge is -2.23. The predicted molar refractivity (Wildman–Crippen MR) is 155 cm³/mol. The van der Waals surface area contributed by atoms with Crippen LogP contribution in [0, 0.1) is 0 Å². The van der Waals surface area contributed by atoms with Crippen LogP contribution in [-0.2, 0) is 16.1 Å². The van der Waals surface area contributed by atoms with Crippen molar-refractivity contribution in [3.8, 4) is 23.0 Å². The number of amides is 1. The molecule has 1 amide bonds. The highest BCUT2D eigenvalue weighted by Crippen LogP contribution is 2.51. The van der Waals surface area contributed by atoms with E-state index in [1.165, 1.54) is 0 Å². The topological polar surface area (TPSA) is 75.7 Å². The molecule has 4 aromatic rings. The predicted octanol–water partition coefficient (Wildman–Crippen LogP) is 6.35. The van der Waals surface area contributed by atoms with Crippen molar-refractivity contribution >= 4 is 33.1 Å². The third-order valence-electron chi connectivity index (χ3n) is 7.11. The molecule has 0 spiro atoms. The van der Waals surface area contributed by atoms with Gasteiger partial charge in [-0.15, -0.1) is 0 Å². The zero-order valence-electron chi connectivity index (χ0n) is 23.6.